The largest absolute Gasteiger partial charge is 0.497 e. The van der Waals surface area contributed by atoms with Crippen LogP contribution in [-0.4, -0.2) is 18.3 Å². The summed E-state index contributed by atoms with van der Waals surface area (Å²) in [5.74, 6) is 0.809. The molecular formula is C11H17NO2. The highest BCUT2D eigenvalue weighted by molar-refractivity contribution is 5.36. The Kier molecular flexibility index (Phi) is 3.49. The summed E-state index contributed by atoms with van der Waals surface area (Å²) in [5, 5.41) is 9.37. The molecule has 0 spiro atoms. The van der Waals surface area contributed by atoms with Gasteiger partial charge >= 0.3 is 0 Å². The van der Waals surface area contributed by atoms with Crippen molar-refractivity contribution in [3.8, 4) is 5.75 Å². The fraction of sp³-hybridized carbons (Fsp3) is 0.455. The van der Waals surface area contributed by atoms with Gasteiger partial charge in [0.15, 0.2) is 0 Å². The molecule has 3 N–H and O–H groups in total. The number of methoxy groups -OCH3 is 1. The van der Waals surface area contributed by atoms with Gasteiger partial charge in [-0.25, -0.2) is 0 Å². The van der Waals surface area contributed by atoms with Crippen molar-refractivity contribution in [2.75, 3.05) is 7.11 Å². The molecule has 78 valence electrons. The Balaban J connectivity index is 2.99. The molecule has 0 aliphatic heterocycles. The van der Waals surface area contributed by atoms with E-state index in [1.807, 2.05) is 25.1 Å². The summed E-state index contributed by atoms with van der Waals surface area (Å²) in [6.07, 6.45) is -0.540. The molecule has 1 rings (SSSR count). The van der Waals surface area contributed by atoms with E-state index in [0.717, 1.165) is 16.9 Å². The lowest BCUT2D eigenvalue weighted by molar-refractivity contribution is 0.164. The third-order valence-electron chi connectivity index (χ3n) is 2.36. The van der Waals surface area contributed by atoms with Crippen molar-refractivity contribution in [2.45, 2.75) is 26.0 Å². The highest BCUT2D eigenvalue weighted by atomic mass is 16.5. The maximum Gasteiger partial charge on any atom is 0.119 e. The molecule has 0 unspecified atom stereocenters. The Labute approximate surface area is 84.5 Å². The lowest BCUT2D eigenvalue weighted by Crippen LogP contribution is -2.23. The quantitative estimate of drug-likeness (QED) is 0.766. The van der Waals surface area contributed by atoms with Crippen LogP contribution in [0.1, 0.15) is 24.1 Å². The second kappa shape index (κ2) is 4.44. The molecule has 0 amide bonds. The highest BCUT2D eigenvalue weighted by Gasteiger charge is 2.14. The van der Waals surface area contributed by atoms with Crippen LogP contribution < -0.4 is 10.5 Å². The average Bonchev–Trinajstić information content (AvgIpc) is 2.16. The summed E-state index contributed by atoms with van der Waals surface area (Å²) in [5.41, 5.74) is 7.84. The zero-order chi connectivity index (χ0) is 10.7. The second-order valence-electron chi connectivity index (χ2n) is 3.49. The summed E-state index contributed by atoms with van der Waals surface area (Å²) in [6, 6.07) is 5.33. The monoisotopic (exact) mass is 195 g/mol. The first-order valence-electron chi connectivity index (χ1n) is 4.64. The molecule has 0 saturated carbocycles. The first-order valence-corrected chi connectivity index (χ1v) is 4.64. The van der Waals surface area contributed by atoms with Gasteiger partial charge in [-0.3, -0.25) is 0 Å². The van der Waals surface area contributed by atoms with Crippen LogP contribution in [0.2, 0.25) is 0 Å². The molecule has 0 fully saturated rings. The van der Waals surface area contributed by atoms with Gasteiger partial charge in [-0.05, 0) is 37.1 Å². The molecule has 0 heterocycles. The molecule has 0 aromatic heterocycles. The van der Waals surface area contributed by atoms with Crippen LogP contribution in [0.15, 0.2) is 18.2 Å². The Hall–Kier alpha value is -1.06. The van der Waals surface area contributed by atoms with Gasteiger partial charge in [-0.2, -0.15) is 0 Å². The van der Waals surface area contributed by atoms with Crippen LogP contribution in [0.4, 0.5) is 0 Å². The lowest BCUT2D eigenvalue weighted by Gasteiger charge is -2.17. The van der Waals surface area contributed by atoms with E-state index in [-0.39, 0.29) is 6.04 Å². The number of aliphatic hydroxyl groups is 1. The first kappa shape index (κ1) is 11.0. The predicted octanol–water partition coefficient (Wildman–Crippen LogP) is 1.38. The SMILES string of the molecule is COc1ccc([C@@H](N)[C@@H](C)O)c(C)c1. The van der Waals surface area contributed by atoms with Crippen molar-refractivity contribution >= 4 is 0 Å². The summed E-state index contributed by atoms with van der Waals surface area (Å²) < 4.78 is 5.09. The van der Waals surface area contributed by atoms with E-state index in [2.05, 4.69) is 0 Å². The van der Waals surface area contributed by atoms with Gasteiger partial charge in [0.2, 0.25) is 0 Å². The van der Waals surface area contributed by atoms with Crippen molar-refractivity contribution in [3.63, 3.8) is 0 Å². The van der Waals surface area contributed by atoms with E-state index in [0.29, 0.717) is 0 Å². The molecule has 0 aliphatic rings. The summed E-state index contributed by atoms with van der Waals surface area (Å²) >= 11 is 0. The Morgan fingerprint density at radius 3 is 2.50 bits per heavy atom. The zero-order valence-electron chi connectivity index (χ0n) is 8.82. The van der Waals surface area contributed by atoms with Crippen molar-refractivity contribution in [3.05, 3.63) is 29.3 Å². The smallest absolute Gasteiger partial charge is 0.119 e. The number of rotatable bonds is 3. The maximum atomic E-state index is 9.37. The van der Waals surface area contributed by atoms with Gasteiger partial charge in [0, 0.05) is 0 Å². The number of nitrogens with two attached hydrogens (primary N) is 1. The third-order valence-corrected chi connectivity index (χ3v) is 2.36. The minimum absolute atomic E-state index is 0.332. The van der Waals surface area contributed by atoms with E-state index in [4.69, 9.17) is 10.5 Å². The van der Waals surface area contributed by atoms with E-state index >= 15 is 0 Å². The predicted molar refractivity (Wildman–Crippen MR) is 56.3 cm³/mol. The molecule has 0 aliphatic carbocycles. The zero-order valence-corrected chi connectivity index (χ0v) is 8.82. The Morgan fingerprint density at radius 1 is 1.43 bits per heavy atom. The molecule has 1 aromatic rings. The average molecular weight is 195 g/mol. The summed E-state index contributed by atoms with van der Waals surface area (Å²) in [6.45, 7) is 3.65. The third kappa shape index (κ3) is 2.25. The molecule has 3 nitrogen and oxygen atoms in total. The first-order chi connectivity index (χ1) is 6.56. The van der Waals surface area contributed by atoms with Crippen LogP contribution in [0, 0.1) is 6.92 Å². The van der Waals surface area contributed by atoms with E-state index in [1.54, 1.807) is 14.0 Å². The van der Waals surface area contributed by atoms with Crippen molar-refractivity contribution in [1.82, 2.24) is 0 Å². The van der Waals surface area contributed by atoms with E-state index < -0.39 is 6.10 Å². The fourth-order valence-electron chi connectivity index (χ4n) is 1.41. The van der Waals surface area contributed by atoms with Crippen molar-refractivity contribution in [1.29, 1.82) is 0 Å². The molecule has 2 atom stereocenters. The number of benzene rings is 1. The molecule has 0 bridgehead atoms. The lowest BCUT2D eigenvalue weighted by atomic mass is 9.98. The topological polar surface area (TPSA) is 55.5 Å². The molecule has 0 saturated heterocycles. The van der Waals surface area contributed by atoms with Gasteiger partial charge < -0.3 is 15.6 Å². The van der Waals surface area contributed by atoms with Crippen LogP contribution in [0.3, 0.4) is 0 Å². The number of aryl methyl sites for hydroxylation is 1. The van der Waals surface area contributed by atoms with Crippen LogP contribution in [0.5, 0.6) is 5.75 Å². The van der Waals surface area contributed by atoms with Gasteiger partial charge in [0.25, 0.3) is 0 Å². The number of hydrogen-bond donors (Lipinski definition) is 2. The Bertz CT molecular complexity index is 310. The maximum absolute atomic E-state index is 9.37. The molecule has 14 heavy (non-hydrogen) atoms. The van der Waals surface area contributed by atoms with Gasteiger partial charge in [-0.1, -0.05) is 6.07 Å². The fourth-order valence-corrected chi connectivity index (χ4v) is 1.41. The molecule has 0 radical (unpaired) electrons. The van der Waals surface area contributed by atoms with Crippen LogP contribution in [0.25, 0.3) is 0 Å². The van der Waals surface area contributed by atoms with Gasteiger partial charge in [-0.15, -0.1) is 0 Å². The number of hydrogen-bond acceptors (Lipinski definition) is 3. The highest BCUT2D eigenvalue weighted by Crippen LogP contribution is 2.22. The number of aliphatic hydroxyl groups excluding tert-OH is 1. The minimum Gasteiger partial charge on any atom is -0.497 e. The van der Waals surface area contributed by atoms with Gasteiger partial charge in [0.1, 0.15) is 5.75 Å². The van der Waals surface area contributed by atoms with Crippen molar-refractivity contribution in [2.24, 2.45) is 5.73 Å². The number of ether oxygens (including phenoxy) is 1. The second-order valence-corrected chi connectivity index (χ2v) is 3.49. The van der Waals surface area contributed by atoms with Crippen LogP contribution >= 0.6 is 0 Å². The molecule has 1 aromatic carbocycles. The molecule has 3 heteroatoms. The summed E-state index contributed by atoms with van der Waals surface area (Å²) in [4.78, 5) is 0. The summed E-state index contributed by atoms with van der Waals surface area (Å²) in [7, 11) is 1.63. The van der Waals surface area contributed by atoms with Crippen LogP contribution in [-0.2, 0) is 0 Å². The Morgan fingerprint density at radius 2 is 2.07 bits per heavy atom. The van der Waals surface area contributed by atoms with Gasteiger partial charge in [0.05, 0.1) is 19.3 Å². The normalized spacial score (nSPS) is 14.9. The van der Waals surface area contributed by atoms with E-state index in [1.165, 1.54) is 0 Å². The van der Waals surface area contributed by atoms with Crippen molar-refractivity contribution < 1.29 is 9.84 Å². The molecular weight excluding hydrogens is 178 g/mol. The minimum atomic E-state index is -0.540. The standard InChI is InChI=1S/C11H17NO2/c1-7-6-9(14-3)4-5-10(7)11(12)8(2)13/h4-6,8,11,13H,12H2,1-3H3/t8-,11+/m1/s1. The van der Waals surface area contributed by atoms with E-state index in [9.17, 15) is 5.11 Å².